The van der Waals surface area contributed by atoms with Gasteiger partial charge in [-0.15, -0.1) is 0 Å². The lowest BCUT2D eigenvalue weighted by Crippen LogP contribution is -2.38. The van der Waals surface area contributed by atoms with Gasteiger partial charge in [-0.2, -0.15) is 4.98 Å². The van der Waals surface area contributed by atoms with E-state index in [9.17, 15) is 0 Å². The average Bonchev–Trinajstić information content (AvgIpc) is 2.85. The fraction of sp³-hybridized carbons (Fsp3) is 0.375. The maximum absolute atomic E-state index is 6.35. The predicted octanol–water partition coefficient (Wildman–Crippen LogP) is 3.07. The van der Waals surface area contributed by atoms with E-state index in [0.717, 1.165) is 49.6 Å². The van der Waals surface area contributed by atoms with Gasteiger partial charge in [0.2, 0.25) is 11.8 Å². The van der Waals surface area contributed by atoms with E-state index in [1.165, 1.54) is 0 Å². The highest BCUT2D eigenvalue weighted by Gasteiger charge is 2.26. The summed E-state index contributed by atoms with van der Waals surface area (Å²) in [6.07, 6.45) is 2.67. The van der Waals surface area contributed by atoms with Crippen LogP contribution in [0.2, 0.25) is 0 Å². The van der Waals surface area contributed by atoms with E-state index in [0.29, 0.717) is 43.1 Å². The Kier molecular flexibility index (Phi) is 6.13. The minimum atomic E-state index is 0.590. The third kappa shape index (κ3) is 4.51. The third-order valence-corrected chi connectivity index (χ3v) is 5.77. The number of para-hydroxylation sites is 2. The summed E-state index contributed by atoms with van der Waals surface area (Å²) in [4.78, 5) is 18.8. The van der Waals surface area contributed by atoms with Gasteiger partial charge in [0.1, 0.15) is 0 Å². The molecule has 1 saturated heterocycles. The van der Waals surface area contributed by atoms with Gasteiger partial charge in [0.15, 0.2) is 11.5 Å². The standard InChI is InChI=1S/C24H27N5O3/c1-30-21-7-2-3-8-22(21)32-23-19-17-28(16-18-6-4-5-10-25-18)11-9-20(19)26-24(27-23)29-12-14-31-15-13-29/h2-8,10H,9,11-17H2,1H3. The molecule has 5 rings (SSSR count). The highest BCUT2D eigenvalue weighted by molar-refractivity contribution is 5.47. The molecule has 0 amide bonds. The summed E-state index contributed by atoms with van der Waals surface area (Å²) >= 11 is 0. The number of nitrogens with zero attached hydrogens (tertiary/aromatic N) is 5. The van der Waals surface area contributed by atoms with Crippen molar-refractivity contribution in [3.63, 3.8) is 0 Å². The number of pyridine rings is 1. The van der Waals surface area contributed by atoms with Crippen molar-refractivity contribution < 1.29 is 14.2 Å². The number of rotatable bonds is 6. The molecule has 0 unspecified atom stereocenters. The van der Waals surface area contributed by atoms with Crippen LogP contribution in [-0.4, -0.2) is 59.8 Å². The fourth-order valence-corrected chi connectivity index (χ4v) is 4.08. The normalized spacial score (nSPS) is 16.5. The number of anilines is 1. The van der Waals surface area contributed by atoms with Crippen molar-refractivity contribution in [1.29, 1.82) is 0 Å². The molecule has 2 aliphatic rings. The van der Waals surface area contributed by atoms with Crippen molar-refractivity contribution in [2.45, 2.75) is 19.5 Å². The summed E-state index contributed by atoms with van der Waals surface area (Å²) in [7, 11) is 1.64. The summed E-state index contributed by atoms with van der Waals surface area (Å²) < 4.78 is 17.3. The summed E-state index contributed by atoms with van der Waals surface area (Å²) in [6.45, 7) is 5.32. The van der Waals surface area contributed by atoms with Gasteiger partial charge >= 0.3 is 0 Å². The van der Waals surface area contributed by atoms with E-state index in [1.807, 2.05) is 42.6 Å². The minimum absolute atomic E-state index is 0.590. The zero-order chi connectivity index (χ0) is 21.8. The molecule has 0 N–H and O–H groups in total. The van der Waals surface area contributed by atoms with Crippen LogP contribution in [0.1, 0.15) is 17.0 Å². The molecule has 1 fully saturated rings. The fourth-order valence-electron chi connectivity index (χ4n) is 4.08. The van der Waals surface area contributed by atoms with Crippen LogP contribution in [0.5, 0.6) is 17.4 Å². The van der Waals surface area contributed by atoms with Crippen molar-refractivity contribution in [1.82, 2.24) is 19.9 Å². The van der Waals surface area contributed by atoms with Crippen molar-refractivity contribution in [2.75, 3.05) is 44.9 Å². The molecule has 0 aliphatic carbocycles. The number of ether oxygens (including phenoxy) is 3. The Morgan fingerprint density at radius 2 is 1.78 bits per heavy atom. The Morgan fingerprint density at radius 1 is 0.969 bits per heavy atom. The molecule has 32 heavy (non-hydrogen) atoms. The molecule has 166 valence electrons. The van der Waals surface area contributed by atoms with Gasteiger partial charge in [-0.25, -0.2) is 4.98 Å². The molecule has 3 aromatic rings. The lowest BCUT2D eigenvalue weighted by molar-refractivity contribution is 0.122. The van der Waals surface area contributed by atoms with Crippen LogP contribution >= 0.6 is 0 Å². The summed E-state index contributed by atoms with van der Waals surface area (Å²) in [5.74, 6) is 2.61. The van der Waals surface area contributed by atoms with E-state index < -0.39 is 0 Å². The SMILES string of the molecule is COc1ccccc1Oc1nc(N2CCOCC2)nc2c1CN(Cc1ccccn1)CC2. The molecule has 0 bridgehead atoms. The first kappa shape index (κ1) is 20.7. The van der Waals surface area contributed by atoms with Crippen LogP contribution in [0.3, 0.4) is 0 Å². The molecule has 8 nitrogen and oxygen atoms in total. The molecule has 0 spiro atoms. The van der Waals surface area contributed by atoms with Crippen LogP contribution < -0.4 is 14.4 Å². The van der Waals surface area contributed by atoms with E-state index in [-0.39, 0.29) is 0 Å². The number of methoxy groups -OCH3 is 1. The molecule has 2 aromatic heterocycles. The van der Waals surface area contributed by atoms with Gasteiger partial charge in [0, 0.05) is 45.3 Å². The highest BCUT2D eigenvalue weighted by Crippen LogP contribution is 2.35. The first-order valence-corrected chi connectivity index (χ1v) is 11.0. The van der Waals surface area contributed by atoms with Crippen LogP contribution in [0.25, 0.3) is 0 Å². The number of hydrogen-bond donors (Lipinski definition) is 0. The first-order valence-electron chi connectivity index (χ1n) is 11.0. The van der Waals surface area contributed by atoms with E-state index >= 15 is 0 Å². The van der Waals surface area contributed by atoms with Crippen molar-refractivity contribution in [3.05, 3.63) is 65.6 Å². The number of benzene rings is 1. The summed E-state index contributed by atoms with van der Waals surface area (Å²) in [6, 6.07) is 13.7. The molecule has 1 aromatic carbocycles. The third-order valence-electron chi connectivity index (χ3n) is 5.77. The van der Waals surface area contributed by atoms with Gasteiger partial charge in [-0.3, -0.25) is 9.88 Å². The van der Waals surface area contributed by atoms with Crippen molar-refractivity contribution >= 4 is 5.95 Å². The Morgan fingerprint density at radius 3 is 2.56 bits per heavy atom. The van der Waals surface area contributed by atoms with Gasteiger partial charge in [-0.1, -0.05) is 18.2 Å². The maximum Gasteiger partial charge on any atom is 0.229 e. The zero-order valence-electron chi connectivity index (χ0n) is 18.2. The Labute approximate surface area is 187 Å². The Balaban J connectivity index is 1.47. The monoisotopic (exact) mass is 433 g/mol. The van der Waals surface area contributed by atoms with Gasteiger partial charge in [-0.05, 0) is 24.3 Å². The average molecular weight is 434 g/mol. The lowest BCUT2D eigenvalue weighted by Gasteiger charge is -2.31. The van der Waals surface area contributed by atoms with E-state index in [2.05, 4.69) is 20.9 Å². The molecule has 8 heteroatoms. The maximum atomic E-state index is 6.35. The van der Waals surface area contributed by atoms with Crippen LogP contribution in [0.4, 0.5) is 5.95 Å². The van der Waals surface area contributed by atoms with E-state index in [1.54, 1.807) is 7.11 Å². The minimum Gasteiger partial charge on any atom is -0.493 e. The molecular formula is C24H27N5O3. The predicted molar refractivity (Wildman–Crippen MR) is 120 cm³/mol. The number of hydrogen-bond acceptors (Lipinski definition) is 8. The quantitative estimate of drug-likeness (QED) is 0.587. The lowest BCUT2D eigenvalue weighted by atomic mass is 10.1. The largest absolute Gasteiger partial charge is 0.493 e. The molecule has 4 heterocycles. The smallest absolute Gasteiger partial charge is 0.229 e. The van der Waals surface area contributed by atoms with Gasteiger partial charge < -0.3 is 19.1 Å². The van der Waals surface area contributed by atoms with Crippen molar-refractivity contribution in [2.24, 2.45) is 0 Å². The second-order valence-corrected chi connectivity index (χ2v) is 7.89. The number of aromatic nitrogens is 3. The summed E-state index contributed by atoms with van der Waals surface area (Å²) in [5, 5.41) is 0. The number of fused-ring (bicyclic) bond motifs is 1. The molecular weight excluding hydrogens is 406 g/mol. The summed E-state index contributed by atoms with van der Waals surface area (Å²) in [5.41, 5.74) is 3.12. The van der Waals surface area contributed by atoms with Crippen LogP contribution in [-0.2, 0) is 24.2 Å². The molecule has 0 atom stereocenters. The first-order chi connectivity index (χ1) is 15.8. The van der Waals surface area contributed by atoms with E-state index in [4.69, 9.17) is 24.2 Å². The topological polar surface area (TPSA) is 72.8 Å². The van der Waals surface area contributed by atoms with Crippen LogP contribution in [0.15, 0.2) is 48.7 Å². The van der Waals surface area contributed by atoms with Gasteiger partial charge in [0.25, 0.3) is 0 Å². The van der Waals surface area contributed by atoms with Crippen LogP contribution in [0, 0.1) is 0 Å². The number of morpholine rings is 1. The Bertz CT molecular complexity index is 1060. The molecule has 0 saturated carbocycles. The van der Waals surface area contributed by atoms with Crippen molar-refractivity contribution in [3.8, 4) is 17.4 Å². The molecule has 2 aliphatic heterocycles. The zero-order valence-corrected chi connectivity index (χ0v) is 18.2. The Hall–Kier alpha value is -3.23. The molecule has 0 radical (unpaired) electrons. The second kappa shape index (κ2) is 9.50. The highest BCUT2D eigenvalue weighted by atomic mass is 16.5. The second-order valence-electron chi connectivity index (χ2n) is 7.89. The van der Waals surface area contributed by atoms with Gasteiger partial charge in [0.05, 0.1) is 37.3 Å².